The number of anilines is 2. The summed E-state index contributed by atoms with van der Waals surface area (Å²) in [7, 11) is 0. The SMILES string of the molecule is C[C@@H](COCCC(=O)N1CCN(c2ncc(Cl)s2)CC1)Nc1cn[nH]c(=O)c1C(F)(F)F. The molecule has 0 unspecified atom stereocenters. The largest absolute Gasteiger partial charge is 0.423 e. The maximum Gasteiger partial charge on any atom is 0.423 e. The minimum atomic E-state index is -4.82. The van der Waals surface area contributed by atoms with Crippen LogP contribution in [0.2, 0.25) is 4.34 Å². The summed E-state index contributed by atoms with van der Waals surface area (Å²) in [6.07, 6.45) is -2.15. The van der Waals surface area contributed by atoms with E-state index in [1.165, 1.54) is 11.3 Å². The van der Waals surface area contributed by atoms with Gasteiger partial charge in [0, 0.05) is 32.2 Å². The van der Waals surface area contributed by atoms with Gasteiger partial charge in [-0.25, -0.2) is 10.1 Å². The molecule has 1 aliphatic heterocycles. The summed E-state index contributed by atoms with van der Waals surface area (Å²) in [6, 6.07) is -0.538. The number of hydrogen-bond donors (Lipinski definition) is 2. The highest BCUT2D eigenvalue weighted by atomic mass is 35.5. The Morgan fingerprint density at radius 2 is 2.06 bits per heavy atom. The molecular weight excluding hydrogens is 473 g/mol. The Hall–Kier alpha value is -2.38. The first-order valence-electron chi connectivity index (χ1n) is 9.78. The standard InChI is InChI=1S/C18H22ClF3N6O3S/c1-11(25-12-8-24-26-16(30)15(12)18(20,21)22)10-31-7-2-14(29)27-3-5-28(6-4-27)17-23-9-13(19)32-17/h8-9,11H,2-7,10H2,1H3,(H2,25,26,30)/t11-/m0/s1. The van der Waals surface area contributed by atoms with Crippen molar-refractivity contribution >= 4 is 39.7 Å². The smallest absolute Gasteiger partial charge is 0.379 e. The Morgan fingerprint density at radius 1 is 1.34 bits per heavy atom. The molecule has 1 fully saturated rings. The molecule has 1 saturated heterocycles. The molecule has 0 bridgehead atoms. The van der Waals surface area contributed by atoms with E-state index in [-0.39, 0.29) is 25.5 Å². The van der Waals surface area contributed by atoms with Crippen LogP contribution in [0.4, 0.5) is 24.0 Å². The average molecular weight is 495 g/mol. The van der Waals surface area contributed by atoms with Gasteiger partial charge in [0.15, 0.2) is 5.13 Å². The number of amides is 1. The Kier molecular flexibility index (Phi) is 7.96. The summed E-state index contributed by atoms with van der Waals surface area (Å²) in [5, 5.41) is 8.60. The molecule has 3 heterocycles. The fourth-order valence-electron chi connectivity index (χ4n) is 3.21. The second-order valence-corrected chi connectivity index (χ2v) is 8.81. The maximum atomic E-state index is 13.1. The molecule has 176 valence electrons. The molecule has 2 aromatic heterocycles. The number of alkyl halides is 3. The van der Waals surface area contributed by atoms with Crippen LogP contribution < -0.4 is 15.8 Å². The van der Waals surface area contributed by atoms with Crippen molar-refractivity contribution in [3.63, 3.8) is 0 Å². The van der Waals surface area contributed by atoms with Crippen molar-refractivity contribution in [1.29, 1.82) is 0 Å². The van der Waals surface area contributed by atoms with E-state index < -0.39 is 29.0 Å². The number of rotatable bonds is 8. The third-order valence-corrected chi connectivity index (χ3v) is 5.91. The van der Waals surface area contributed by atoms with Gasteiger partial charge < -0.3 is 19.9 Å². The third-order valence-electron chi connectivity index (χ3n) is 4.74. The molecule has 1 aliphatic rings. The van der Waals surface area contributed by atoms with E-state index in [0.717, 1.165) is 11.3 Å². The van der Waals surface area contributed by atoms with Crippen LogP contribution in [0.5, 0.6) is 0 Å². The Bertz CT molecular complexity index is 977. The van der Waals surface area contributed by atoms with E-state index >= 15 is 0 Å². The number of aromatic amines is 1. The average Bonchev–Trinajstić information content (AvgIpc) is 3.16. The number of carbonyl (C=O) groups is 1. The zero-order chi connectivity index (χ0) is 23.3. The monoisotopic (exact) mass is 494 g/mol. The molecule has 2 aromatic rings. The second kappa shape index (κ2) is 10.5. The van der Waals surface area contributed by atoms with E-state index in [2.05, 4.69) is 20.3 Å². The first-order valence-corrected chi connectivity index (χ1v) is 11.0. The highest BCUT2D eigenvalue weighted by Gasteiger charge is 2.37. The van der Waals surface area contributed by atoms with Gasteiger partial charge >= 0.3 is 6.18 Å². The topological polar surface area (TPSA) is 103 Å². The third kappa shape index (κ3) is 6.33. The van der Waals surface area contributed by atoms with Gasteiger partial charge in [-0.1, -0.05) is 22.9 Å². The quantitative estimate of drug-likeness (QED) is 0.543. The molecule has 0 spiro atoms. The van der Waals surface area contributed by atoms with Crippen molar-refractivity contribution in [3.05, 3.63) is 32.6 Å². The summed E-state index contributed by atoms with van der Waals surface area (Å²) in [5.74, 6) is -0.0550. The van der Waals surface area contributed by atoms with E-state index in [1.54, 1.807) is 23.1 Å². The van der Waals surface area contributed by atoms with E-state index in [1.807, 2.05) is 0 Å². The maximum absolute atomic E-state index is 13.1. The molecule has 1 amide bonds. The molecule has 1 atom stereocenters. The lowest BCUT2D eigenvalue weighted by molar-refractivity contribution is -0.138. The van der Waals surface area contributed by atoms with Crippen molar-refractivity contribution in [1.82, 2.24) is 20.1 Å². The van der Waals surface area contributed by atoms with Crippen LogP contribution in [0, 0.1) is 0 Å². The van der Waals surface area contributed by atoms with Crippen molar-refractivity contribution < 1.29 is 22.7 Å². The number of nitrogens with one attached hydrogen (secondary N) is 2. The minimum Gasteiger partial charge on any atom is -0.379 e. The molecule has 2 N–H and O–H groups in total. The number of piperazine rings is 1. The Balaban J connectivity index is 1.39. The van der Waals surface area contributed by atoms with E-state index in [4.69, 9.17) is 16.3 Å². The molecule has 0 radical (unpaired) electrons. The summed E-state index contributed by atoms with van der Waals surface area (Å²) >= 11 is 7.30. The van der Waals surface area contributed by atoms with Crippen molar-refractivity contribution in [3.8, 4) is 0 Å². The number of thiazole rings is 1. The Labute approximate surface area is 190 Å². The van der Waals surface area contributed by atoms with Gasteiger partial charge in [-0.3, -0.25) is 9.59 Å². The number of carbonyl (C=O) groups excluding carboxylic acids is 1. The summed E-state index contributed by atoms with van der Waals surface area (Å²) < 4.78 is 45.3. The van der Waals surface area contributed by atoms with Gasteiger partial charge in [0.2, 0.25) is 5.91 Å². The van der Waals surface area contributed by atoms with Gasteiger partial charge in [0.25, 0.3) is 5.56 Å². The van der Waals surface area contributed by atoms with Crippen LogP contribution >= 0.6 is 22.9 Å². The van der Waals surface area contributed by atoms with Crippen molar-refractivity contribution in [2.45, 2.75) is 25.6 Å². The van der Waals surface area contributed by atoms with E-state index in [0.29, 0.717) is 30.5 Å². The second-order valence-electron chi connectivity index (χ2n) is 7.17. The number of halogens is 4. The number of aromatic nitrogens is 3. The Morgan fingerprint density at radius 3 is 2.69 bits per heavy atom. The summed E-state index contributed by atoms with van der Waals surface area (Å²) in [6.45, 7) is 4.22. The highest BCUT2D eigenvalue weighted by Crippen LogP contribution is 2.31. The molecule has 32 heavy (non-hydrogen) atoms. The first kappa shape index (κ1) is 24.3. The summed E-state index contributed by atoms with van der Waals surface area (Å²) in [5.41, 5.74) is -3.08. The lowest BCUT2D eigenvalue weighted by atomic mass is 10.2. The lowest BCUT2D eigenvalue weighted by Crippen LogP contribution is -2.49. The molecular formula is C18H22ClF3N6O3S. The van der Waals surface area contributed by atoms with Crippen LogP contribution in [0.25, 0.3) is 0 Å². The van der Waals surface area contributed by atoms with Crippen LogP contribution in [0.15, 0.2) is 17.2 Å². The van der Waals surface area contributed by atoms with Gasteiger partial charge in [0.05, 0.1) is 37.7 Å². The van der Waals surface area contributed by atoms with Gasteiger partial charge in [-0.2, -0.15) is 18.3 Å². The van der Waals surface area contributed by atoms with Crippen LogP contribution in [0.1, 0.15) is 18.9 Å². The predicted octanol–water partition coefficient (Wildman–Crippen LogP) is 2.45. The van der Waals surface area contributed by atoms with Crippen LogP contribution in [-0.4, -0.2) is 71.4 Å². The molecule has 0 saturated carbocycles. The minimum absolute atomic E-state index is 0.0515. The van der Waals surface area contributed by atoms with Gasteiger partial charge in [-0.15, -0.1) is 0 Å². The fraction of sp³-hybridized carbons (Fsp3) is 0.556. The molecule has 0 aliphatic carbocycles. The molecule has 3 rings (SSSR count). The number of nitrogens with zero attached hydrogens (tertiary/aromatic N) is 4. The van der Waals surface area contributed by atoms with Crippen LogP contribution in [0.3, 0.4) is 0 Å². The van der Waals surface area contributed by atoms with Crippen molar-refractivity contribution in [2.75, 3.05) is 49.6 Å². The number of ether oxygens (including phenoxy) is 1. The lowest BCUT2D eigenvalue weighted by Gasteiger charge is -2.34. The van der Waals surface area contributed by atoms with Gasteiger partial charge in [-0.05, 0) is 6.92 Å². The van der Waals surface area contributed by atoms with Gasteiger partial charge in [0.1, 0.15) is 9.90 Å². The predicted molar refractivity (Wildman–Crippen MR) is 114 cm³/mol. The zero-order valence-corrected chi connectivity index (χ0v) is 18.7. The molecule has 9 nitrogen and oxygen atoms in total. The highest BCUT2D eigenvalue weighted by molar-refractivity contribution is 7.19. The normalized spacial score (nSPS) is 15.7. The van der Waals surface area contributed by atoms with E-state index in [9.17, 15) is 22.8 Å². The number of H-pyrrole nitrogens is 1. The number of hydrogen-bond acceptors (Lipinski definition) is 8. The summed E-state index contributed by atoms with van der Waals surface area (Å²) in [4.78, 5) is 31.9. The molecule has 14 heteroatoms. The molecule has 0 aromatic carbocycles. The first-order chi connectivity index (χ1) is 15.1. The fourth-order valence-corrected chi connectivity index (χ4v) is 4.17. The van der Waals surface area contributed by atoms with Crippen LogP contribution in [-0.2, 0) is 15.7 Å². The zero-order valence-electron chi connectivity index (χ0n) is 17.1. The van der Waals surface area contributed by atoms with Crippen molar-refractivity contribution in [2.24, 2.45) is 0 Å².